The summed E-state index contributed by atoms with van der Waals surface area (Å²) in [5.74, 6) is 1.55. The number of rotatable bonds is 2. The highest BCUT2D eigenvalue weighted by atomic mass is 16.1. The molecule has 2 nitrogen and oxygen atoms in total. The molecule has 0 radical (unpaired) electrons. The first kappa shape index (κ1) is 8.64. The molecular weight excluding hydrogens is 128 g/mol. The predicted octanol–water partition coefficient (Wildman–Crippen LogP) is 0.724. The van der Waals surface area contributed by atoms with Crippen LogP contribution in [0.3, 0.4) is 0 Å². The minimum absolute atomic E-state index is 0.0856. The molecule has 0 spiro atoms. The van der Waals surface area contributed by atoms with Gasteiger partial charge in [-0.2, -0.15) is 0 Å². The smallest absolute Gasteiger partial charge is 0.164 e. The number of carbonyl (C=O) groups is 2. The topological polar surface area (TPSA) is 34.1 Å². The van der Waals surface area contributed by atoms with Crippen molar-refractivity contribution in [2.24, 2.45) is 0 Å². The molecule has 0 aliphatic rings. The highest BCUT2D eigenvalue weighted by Gasteiger charge is 2.06. The van der Waals surface area contributed by atoms with Crippen molar-refractivity contribution in [3.63, 3.8) is 0 Å². The van der Waals surface area contributed by atoms with Gasteiger partial charge in [0.15, 0.2) is 11.6 Å². The standard InChI is InChI=1S/C8H8O2/c1-4-5-8(6(2)9)7(3)10/h1,5H,2-3H3. The highest BCUT2D eigenvalue weighted by molar-refractivity contribution is 6.18. The van der Waals surface area contributed by atoms with E-state index >= 15 is 0 Å². The summed E-state index contributed by atoms with van der Waals surface area (Å²) in [5.41, 5.74) is 0.0856. The van der Waals surface area contributed by atoms with Crippen molar-refractivity contribution in [1.29, 1.82) is 0 Å². The van der Waals surface area contributed by atoms with Gasteiger partial charge in [0.2, 0.25) is 0 Å². The Kier molecular flexibility index (Phi) is 3.13. The number of ketones is 2. The van der Waals surface area contributed by atoms with Gasteiger partial charge in [0.25, 0.3) is 0 Å². The second-order valence-electron chi connectivity index (χ2n) is 1.84. The van der Waals surface area contributed by atoms with E-state index in [1.165, 1.54) is 19.9 Å². The van der Waals surface area contributed by atoms with Crippen LogP contribution in [-0.4, -0.2) is 11.6 Å². The molecule has 0 saturated carbocycles. The molecule has 0 amide bonds. The van der Waals surface area contributed by atoms with Crippen molar-refractivity contribution in [2.75, 3.05) is 0 Å². The van der Waals surface area contributed by atoms with Gasteiger partial charge in [-0.25, -0.2) is 0 Å². The maximum atomic E-state index is 10.6. The third kappa shape index (κ3) is 2.27. The third-order valence-corrected chi connectivity index (χ3v) is 0.986. The average Bonchev–Trinajstić information content (AvgIpc) is 1.81. The predicted molar refractivity (Wildman–Crippen MR) is 38.3 cm³/mol. The van der Waals surface area contributed by atoms with Crippen molar-refractivity contribution >= 4 is 11.6 Å². The fourth-order valence-electron chi connectivity index (χ4n) is 0.534. The molecule has 0 unspecified atom stereocenters. The molecule has 0 fully saturated rings. The number of hydrogen-bond acceptors (Lipinski definition) is 2. The van der Waals surface area contributed by atoms with Crippen LogP contribution < -0.4 is 0 Å². The summed E-state index contributed by atoms with van der Waals surface area (Å²) in [6, 6.07) is 0. The fraction of sp³-hybridized carbons (Fsp3) is 0.250. The molecule has 0 N–H and O–H groups in total. The van der Waals surface area contributed by atoms with E-state index in [1.807, 2.05) is 0 Å². The maximum Gasteiger partial charge on any atom is 0.164 e. The van der Waals surface area contributed by atoms with Gasteiger partial charge < -0.3 is 0 Å². The molecule has 2 heteroatoms. The lowest BCUT2D eigenvalue weighted by atomic mass is 10.1. The Balaban J connectivity index is 4.64. The quantitative estimate of drug-likeness (QED) is 0.242. The summed E-state index contributed by atoms with van der Waals surface area (Å²) in [6.07, 6.45) is 6.06. The largest absolute Gasteiger partial charge is 0.294 e. The van der Waals surface area contributed by atoms with Crippen molar-refractivity contribution < 1.29 is 9.59 Å². The molecule has 0 aliphatic heterocycles. The Hall–Kier alpha value is -1.36. The van der Waals surface area contributed by atoms with Crippen LogP contribution in [0.2, 0.25) is 0 Å². The van der Waals surface area contributed by atoms with Crippen molar-refractivity contribution in [3.05, 3.63) is 11.6 Å². The van der Waals surface area contributed by atoms with Gasteiger partial charge in [-0.05, 0) is 13.8 Å². The Labute approximate surface area is 59.9 Å². The van der Waals surface area contributed by atoms with Crippen LogP contribution in [0.1, 0.15) is 13.8 Å². The Morgan fingerprint density at radius 2 is 1.70 bits per heavy atom. The number of allylic oxidation sites excluding steroid dienone is 2. The molecule has 0 aromatic rings. The van der Waals surface area contributed by atoms with Crippen LogP contribution in [0, 0.1) is 12.3 Å². The van der Waals surface area contributed by atoms with Crippen molar-refractivity contribution in [3.8, 4) is 12.3 Å². The number of Topliss-reactive ketones (excluding diaryl/α,β-unsaturated/α-hetero) is 2. The Bertz CT molecular complexity index is 212. The lowest BCUT2D eigenvalue weighted by Gasteiger charge is -1.91. The van der Waals surface area contributed by atoms with Gasteiger partial charge in [-0.15, -0.1) is 6.42 Å². The number of carbonyl (C=O) groups excluding carboxylic acids is 2. The summed E-state index contributed by atoms with van der Waals surface area (Å²) in [4.78, 5) is 21.2. The SMILES string of the molecule is C#CC=C(C(C)=O)C(C)=O. The van der Waals surface area contributed by atoms with Crippen LogP contribution in [-0.2, 0) is 9.59 Å². The lowest BCUT2D eigenvalue weighted by Crippen LogP contribution is -2.05. The molecule has 0 saturated heterocycles. The molecule has 10 heavy (non-hydrogen) atoms. The van der Waals surface area contributed by atoms with E-state index in [-0.39, 0.29) is 17.1 Å². The third-order valence-electron chi connectivity index (χ3n) is 0.986. The molecule has 0 heterocycles. The van der Waals surface area contributed by atoms with Crippen LogP contribution in [0.5, 0.6) is 0 Å². The first-order chi connectivity index (χ1) is 4.59. The minimum atomic E-state index is -0.287. The van der Waals surface area contributed by atoms with Crippen molar-refractivity contribution in [1.82, 2.24) is 0 Å². The molecule has 0 bridgehead atoms. The number of hydrogen-bond donors (Lipinski definition) is 0. The van der Waals surface area contributed by atoms with E-state index in [2.05, 4.69) is 5.92 Å². The van der Waals surface area contributed by atoms with E-state index in [0.29, 0.717) is 0 Å². The Morgan fingerprint density at radius 1 is 1.30 bits per heavy atom. The second kappa shape index (κ2) is 3.62. The van der Waals surface area contributed by atoms with E-state index in [9.17, 15) is 9.59 Å². The number of terminal acetylenes is 1. The molecule has 0 aromatic heterocycles. The first-order valence-corrected chi connectivity index (χ1v) is 2.77. The maximum absolute atomic E-state index is 10.6. The van der Waals surface area contributed by atoms with Crippen LogP contribution >= 0.6 is 0 Å². The highest BCUT2D eigenvalue weighted by Crippen LogP contribution is 1.96. The monoisotopic (exact) mass is 136 g/mol. The summed E-state index contributed by atoms with van der Waals surface area (Å²) in [7, 11) is 0. The fourth-order valence-corrected chi connectivity index (χ4v) is 0.534. The van der Waals surface area contributed by atoms with Gasteiger partial charge in [0, 0.05) is 6.08 Å². The van der Waals surface area contributed by atoms with Crippen molar-refractivity contribution in [2.45, 2.75) is 13.8 Å². The summed E-state index contributed by atoms with van der Waals surface area (Å²) in [6.45, 7) is 2.62. The Morgan fingerprint density at radius 3 is 1.80 bits per heavy atom. The summed E-state index contributed by atoms with van der Waals surface area (Å²) < 4.78 is 0. The van der Waals surface area contributed by atoms with Crippen LogP contribution in [0.25, 0.3) is 0 Å². The van der Waals surface area contributed by atoms with E-state index < -0.39 is 0 Å². The first-order valence-electron chi connectivity index (χ1n) is 2.77. The molecular formula is C8H8O2. The molecule has 0 aliphatic carbocycles. The van der Waals surface area contributed by atoms with Gasteiger partial charge in [0.1, 0.15) is 0 Å². The molecule has 0 atom stereocenters. The average molecular weight is 136 g/mol. The zero-order valence-electron chi connectivity index (χ0n) is 5.97. The molecule has 0 rings (SSSR count). The van der Waals surface area contributed by atoms with Gasteiger partial charge in [-0.1, -0.05) is 5.92 Å². The molecule has 0 aromatic carbocycles. The van der Waals surface area contributed by atoms with Gasteiger partial charge >= 0.3 is 0 Å². The van der Waals surface area contributed by atoms with E-state index in [4.69, 9.17) is 6.42 Å². The summed E-state index contributed by atoms with van der Waals surface area (Å²) >= 11 is 0. The zero-order chi connectivity index (χ0) is 8.15. The van der Waals surface area contributed by atoms with Gasteiger partial charge in [0.05, 0.1) is 5.57 Å². The minimum Gasteiger partial charge on any atom is -0.294 e. The van der Waals surface area contributed by atoms with E-state index in [1.54, 1.807) is 0 Å². The lowest BCUT2D eigenvalue weighted by molar-refractivity contribution is -0.119. The summed E-state index contributed by atoms with van der Waals surface area (Å²) in [5, 5.41) is 0. The van der Waals surface area contributed by atoms with Crippen LogP contribution in [0.15, 0.2) is 11.6 Å². The van der Waals surface area contributed by atoms with E-state index in [0.717, 1.165) is 0 Å². The van der Waals surface area contributed by atoms with Crippen LogP contribution in [0.4, 0.5) is 0 Å². The zero-order valence-corrected chi connectivity index (χ0v) is 5.97. The second-order valence-corrected chi connectivity index (χ2v) is 1.84. The van der Waals surface area contributed by atoms with Gasteiger partial charge in [-0.3, -0.25) is 9.59 Å². The normalized spacial score (nSPS) is 7.70. The molecule has 52 valence electrons.